The number of nitrogens with zero attached hydrogens (tertiary/aromatic N) is 1. The molecule has 2 nitrogen and oxygen atoms in total. The van der Waals surface area contributed by atoms with Gasteiger partial charge in [0.25, 0.3) is 0 Å². The summed E-state index contributed by atoms with van der Waals surface area (Å²) >= 11 is 0. The van der Waals surface area contributed by atoms with Gasteiger partial charge in [0.05, 0.1) is 12.6 Å². The van der Waals surface area contributed by atoms with Gasteiger partial charge in [-0.2, -0.15) is 0 Å². The molecule has 0 amide bonds. The van der Waals surface area contributed by atoms with Crippen LogP contribution in [-0.4, -0.2) is 12.1 Å². The van der Waals surface area contributed by atoms with Crippen molar-refractivity contribution in [2.45, 2.75) is 0 Å². The Morgan fingerprint density at radius 1 is 1.00 bits per heavy atom. The van der Waals surface area contributed by atoms with Crippen LogP contribution < -0.4 is 4.74 Å². The van der Waals surface area contributed by atoms with Crippen molar-refractivity contribution in [3.63, 3.8) is 0 Å². The number of para-hydroxylation sites is 1. The van der Waals surface area contributed by atoms with Gasteiger partial charge >= 0.3 is 0 Å². The Labute approximate surface area is 93.5 Å². The molecule has 78 valence electrons. The number of aromatic nitrogens is 1. The lowest BCUT2D eigenvalue weighted by Crippen LogP contribution is -1.85. The van der Waals surface area contributed by atoms with Crippen LogP contribution in [0.1, 0.15) is 0 Å². The highest BCUT2D eigenvalue weighted by Crippen LogP contribution is 2.26. The number of pyridine rings is 1. The highest BCUT2D eigenvalue weighted by Gasteiger charge is 2.01. The quantitative estimate of drug-likeness (QED) is 0.573. The third kappa shape index (κ3) is 1.31. The molecule has 16 heavy (non-hydrogen) atoms. The Kier molecular flexibility index (Phi) is 2.00. The van der Waals surface area contributed by atoms with E-state index in [1.165, 1.54) is 10.8 Å². The van der Waals surface area contributed by atoms with E-state index in [4.69, 9.17) is 4.74 Å². The number of hydrogen-bond acceptors (Lipinski definition) is 2. The lowest BCUT2D eigenvalue weighted by atomic mass is 10.1. The minimum atomic E-state index is 0.865. The second kappa shape index (κ2) is 3.49. The summed E-state index contributed by atoms with van der Waals surface area (Å²) in [5, 5.41) is 3.51. The van der Waals surface area contributed by atoms with Crippen LogP contribution in [0.25, 0.3) is 21.7 Å². The first kappa shape index (κ1) is 9.16. The van der Waals surface area contributed by atoms with Gasteiger partial charge in [-0.05, 0) is 29.7 Å². The van der Waals surface area contributed by atoms with E-state index < -0.39 is 0 Å². The van der Waals surface area contributed by atoms with E-state index in [1.54, 1.807) is 7.11 Å². The maximum atomic E-state index is 5.21. The Morgan fingerprint density at radius 3 is 2.75 bits per heavy atom. The Morgan fingerprint density at radius 2 is 1.88 bits per heavy atom. The summed E-state index contributed by atoms with van der Waals surface area (Å²) in [5.74, 6) is 0.865. The molecule has 0 saturated carbocycles. The zero-order valence-electron chi connectivity index (χ0n) is 8.97. The number of benzene rings is 2. The second-order valence-corrected chi connectivity index (χ2v) is 3.73. The van der Waals surface area contributed by atoms with Gasteiger partial charge in [-0.15, -0.1) is 0 Å². The smallest absolute Gasteiger partial charge is 0.119 e. The van der Waals surface area contributed by atoms with E-state index in [-0.39, 0.29) is 0 Å². The van der Waals surface area contributed by atoms with E-state index in [0.29, 0.717) is 0 Å². The average Bonchev–Trinajstić information content (AvgIpc) is 2.38. The maximum Gasteiger partial charge on any atom is 0.119 e. The molecule has 2 heteroatoms. The van der Waals surface area contributed by atoms with Crippen LogP contribution in [0.5, 0.6) is 5.75 Å². The molecular weight excluding hydrogens is 198 g/mol. The molecule has 0 radical (unpaired) electrons. The lowest BCUT2D eigenvalue weighted by molar-refractivity contribution is 0.415. The first-order valence-corrected chi connectivity index (χ1v) is 5.20. The molecule has 0 fully saturated rings. The zero-order valence-corrected chi connectivity index (χ0v) is 8.97. The van der Waals surface area contributed by atoms with Gasteiger partial charge in [-0.25, -0.2) is 0 Å². The summed E-state index contributed by atoms with van der Waals surface area (Å²) in [6.45, 7) is 0. The lowest BCUT2D eigenvalue weighted by Gasteiger charge is -2.05. The molecule has 0 aliphatic carbocycles. The van der Waals surface area contributed by atoms with Crippen LogP contribution in [0, 0.1) is 0 Å². The predicted molar refractivity (Wildman–Crippen MR) is 65.8 cm³/mol. The van der Waals surface area contributed by atoms with E-state index in [1.807, 2.05) is 36.5 Å². The monoisotopic (exact) mass is 209 g/mol. The molecule has 3 aromatic rings. The molecule has 2 aromatic carbocycles. The SMILES string of the molecule is COc1ccc2c(cnc3ccccc32)c1. The molecule has 0 aliphatic heterocycles. The van der Waals surface area contributed by atoms with Crippen LogP contribution in [0.3, 0.4) is 0 Å². The van der Waals surface area contributed by atoms with Crippen molar-refractivity contribution in [2.75, 3.05) is 7.11 Å². The van der Waals surface area contributed by atoms with Crippen molar-refractivity contribution in [3.8, 4) is 5.75 Å². The fourth-order valence-corrected chi connectivity index (χ4v) is 1.97. The van der Waals surface area contributed by atoms with Crippen molar-refractivity contribution in [1.29, 1.82) is 0 Å². The fourth-order valence-electron chi connectivity index (χ4n) is 1.97. The van der Waals surface area contributed by atoms with Crippen LogP contribution >= 0.6 is 0 Å². The molecule has 0 aliphatic rings. The Balaban J connectivity index is 2.43. The number of fused-ring (bicyclic) bond motifs is 3. The van der Waals surface area contributed by atoms with Crippen LogP contribution in [0.2, 0.25) is 0 Å². The van der Waals surface area contributed by atoms with Gasteiger partial charge in [0.15, 0.2) is 0 Å². The molecule has 3 rings (SSSR count). The summed E-state index contributed by atoms with van der Waals surface area (Å²) in [4.78, 5) is 4.43. The van der Waals surface area contributed by atoms with E-state index in [9.17, 15) is 0 Å². The minimum absolute atomic E-state index is 0.865. The normalized spacial score (nSPS) is 10.8. The maximum absolute atomic E-state index is 5.21. The molecule has 0 bridgehead atoms. The van der Waals surface area contributed by atoms with Gasteiger partial charge in [0.2, 0.25) is 0 Å². The molecule has 0 saturated heterocycles. The molecule has 0 N–H and O–H groups in total. The first-order chi connectivity index (χ1) is 7.88. The van der Waals surface area contributed by atoms with Crippen molar-refractivity contribution < 1.29 is 4.74 Å². The zero-order chi connectivity index (χ0) is 11.0. The number of ether oxygens (including phenoxy) is 1. The molecule has 0 unspecified atom stereocenters. The summed E-state index contributed by atoms with van der Waals surface area (Å²) < 4.78 is 5.21. The van der Waals surface area contributed by atoms with Crippen LogP contribution in [0.15, 0.2) is 48.7 Å². The first-order valence-electron chi connectivity index (χ1n) is 5.20. The average molecular weight is 209 g/mol. The fraction of sp³-hybridized carbons (Fsp3) is 0.0714. The predicted octanol–water partition coefficient (Wildman–Crippen LogP) is 3.40. The number of methoxy groups -OCH3 is 1. The molecular formula is C14H11NO. The summed E-state index contributed by atoms with van der Waals surface area (Å²) in [6.07, 6.45) is 1.89. The van der Waals surface area contributed by atoms with Gasteiger partial charge in [-0.3, -0.25) is 4.98 Å². The highest BCUT2D eigenvalue weighted by atomic mass is 16.5. The van der Waals surface area contributed by atoms with Gasteiger partial charge in [0, 0.05) is 17.0 Å². The van der Waals surface area contributed by atoms with Crippen molar-refractivity contribution >= 4 is 21.7 Å². The third-order valence-electron chi connectivity index (χ3n) is 2.80. The third-order valence-corrected chi connectivity index (χ3v) is 2.80. The molecule has 0 atom stereocenters. The summed E-state index contributed by atoms with van der Waals surface area (Å²) in [7, 11) is 1.68. The highest BCUT2D eigenvalue weighted by molar-refractivity contribution is 6.05. The number of rotatable bonds is 1. The van der Waals surface area contributed by atoms with Gasteiger partial charge in [-0.1, -0.05) is 18.2 Å². The van der Waals surface area contributed by atoms with E-state index in [0.717, 1.165) is 16.7 Å². The van der Waals surface area contributed by atoms with E-state index in [2.05, 4.69) is 17.1 Å². The second-order valence-electron chi connectivity index (χ2n) is 3.73. The summed E-state index contributed by atoms with van der Waals surface area (Å²) in [6, 6.07) is 14.2. The standard InChI is InChI=1S/C14H11NO/c1-16-11-6-7-12-10(8-11)9-15-14-5-3-2-4-13(12)14/h2-9H,1H3. The van der Waals surface area contributed by atoms with Gasteiger partial charge in [0.1, 0.15) is 5.75 Å². The number of hydrogen-bond donors (Lipinski definition) is 0. The Bertz CT molecular complexity index is 661. The van der Waals surface area contributed by atoms with Crippen molar-refractivity contribution in [2.24, 2.45) is 0 Å². The topological polar surface area (TPSA) is 22.1 Å². The van der Waals surface area contributed by atoms with Gasteiger partial charge < -0.3 is 4.74 Å². The van der Waals surface area contributed by atoms with Crippen molar-refractivity contribution in [1.82, 2.24) is 4.98 Å². The largest absolute Gasteiger partial charge is 0.497 e. The molecule has 0 spiro atoms. The van der Waals surface area contributed by atoms with Crippen LogP contribution in [-0.2, 0) is 0 Å². The minimum Gasteiger partial charge on any atom is -0.497 e. The molecule has 1 heterocycles. The summed E-state index contributed by atoms with van der Waals surface area (Å²) in [5.41, 5.74) is 1.03. The van der Waals surface area contributed by atoms with Crippen molar-refractivity contribution in [3.05, 3.63) is 48.7 Å². The molecule has 1 aromatic heterocycles. The van der Waals surface area contributed by atoms with Crippen LogP contribution in [0.4, 0.5) is 0 Å². The van der Waals surface area contributed by atoms with E-state index >= 15 is 0 Å². The Hall–Kier alpha value is -2.09.